The summed E-state index contributed by atoms with van der Waals surface area (Å²) in [4.78, 5) is 17.3. The van der Waals surface area contributed by atoms with Gasteiger partial charge in [0.25, 0.3) is 0 Å². The number of nitrogens with zero attached hydrogens (tertiary/aromatic N) is 3. The van der Waals surface area contributed by atoms with Gasteiger partial charge < -0.3 is 24.2 Å². The highest BCUT2D eigenvalue weighted by molar-refractivity contribution is 5.68. The molecule has 1 aromatic carbocycles. The Balaban J connectivity index is 1.69. The number of nitriles is 1. The van der Waals surface area contributed by atoms with Crippen molar-refractivity contribution in [2.75, 3.05) is 45.9 Å². The van der Waals surface area contributed by atoms with Crippen LogP contribution >= 0.6 is 0 Å². The molecule has 1 aromatic rings. The van der Waals surface area contributed by atoms with Crippen molar-refractivity contribution in [1.29, 1.82) is 5.26 Å². The van der Waals surface area contributed by atoms with E-state index in [1.54, 1.807) is 24.3 Å². The van der Waals surface area contributed by atoms with Gasteiger partial charge in [-0.25, -0.2) is 4.79 Å². The number of amides is 1. The number of ether oxygens (including phenoxy) is 3. The molecule has 2 bridgehead atoms. The highest BCUT2D eigenvalue weighted by Gasteiger charge is 2.32. The molecule has 2 aliphatic heterocycles. The normalized spacial score (nSPS) is 23.4. The zero-order valence-electron chi connectivity index (χ0n) is 24.3. The average molecular weight is 544 g/mol. The van der Waals surface area contributed by atoms with Crippen LogP contribution in [0.1, 0.15) is 84.1 Å². The molecule has 0 saturated carbocycles. The molecule has 2 saturated heterocycles. The zero-order valence-corrected chi connectivity index (χ0v) is 24.3. The number of hydrogen-bond donors (Lipinski definition) is 1. The minimum atomic E-state index is -0.672. The summed E-state index contributed by atoms with van der Waals surface area (Å²) < 4.78 is 17.9. The first-order valence-corrected chi connectivity index (χ1v) is 14.8. The van der Waals surface area contributed by atoms with E-state index in [1.807, 2.05) is 25.7 Å². The zero-order chi connectivity index (χ0) is 28.1. The summed E-state index contributed by atoms with van der Waals surface area (Å²) in [5.74, 6) is 0.923. The van der Waals surface area contributed by atoms with Gasteiger partial charge in [0.2, 0.25) is 0 Å². The maximum Gasteiger partial charge on any atom is 0.410 e. The van der Waals surface area contributed by atoms with E-state index in [0.717, 1.165) is 25.8 Å². The molecule has 8 heteroatoms. The lowest BCUT2D eigenvalue weighted by Crippen LogP contribution is -2.53. The van der Waals surface area contributed by atoms with E-state index in [9.17, 15) is 9.90 Å². The summed E-state index contributed by atoms with van der Waals surface area (Å²) in [6.07, 6.45) is 9.59. The maximum atomic E-state index is 13.2. The van der Waals surface area contributed by atoms with Gasteiger partial charge in [-0.05, 0) is 63.8 Å². The fourth-order valence-electron chi connectivity index (χ4n) is 5.40. The third-order valence-electron chi connectivity index (χ3n) is 7.29. The smallest absolute Gasteiger partial charge is 0.410 e. The van der Waals surface area contributed by atoms with Crippen LogP contribution in [0, 0.1) is 17.2 Å². The minimum Gasteiger partial charge on any atom is -0.491 e. The van der Waals surface area contributed by atoms with Gasteiger partial charge in [0, 0.05) is 32.8 Å². The fourth-order valence-corrected chi connectivity index (χ4v) is 5.40. The summed E-state index contributed by atoms with van der Waals surface area (Å²) >= 11 is 0. The topological polar surface area (TPSA) is 95.3 Å². The van der Waals surface area contributed by atoms with Gasteiger partial charge in [-0.15, -0.1) is 0 Å². The quantitative estimate of drug-likeness (QED) is 0.533. The van der Waals surface area contributed by atoms with Crippen molar-refractivity contribution in [3.8, 4) is 11.8 Å². The molecule has 39 heavy (non-hydrogen) atoms. The number of aliphatic hydroxyl groups excluding tert-OH is 1. The van der Waals surface area contributed by atoms with E-state index in [4.69, 9.17) is 19.5 Å². The highest BCUT2D eigenvalue weighted by atomic mass is 16.6. The summed E-state index contributed by atoms with van der Waals surface area (Å²) in [5, 5.41) is 19.9. The lowest BCUT2D eigenvalue weighted by Gasteiger charge is -2.39. The van der Waals surface area contributed by atoms with Crippen LogP contribution in [0.25, 0.3) is 0 Å². The van der Waals surface area contributed by atoms with Crippen LogP contribution in [-0.4, -0.2) is 84.7 Å². The summed E-state index contributed by atoms with van der Waals surface area (Å²) in [6.45, 7) is 9.57. The first-order chi connectivity index (χ1) is 18.7. The third-order valence-corrected chi connectivity index (χ3v) is 7.29. The predicted molar refractivity (Wildman–Crippen MR) is 152 cm³/mol. The van der Waals surface area contributed by atoms with E-state index in [-0.39, 0.29) is 24.7 Å². The fraction of sp³-hybridized carbons (Fsp3) is 0.742. The predicted octanol–water partition coefficient (Wildman–Crippen LogP) is 5.38. The van der Waals surface area contributed by atoms with Crippen LogP contribution in [0.5, 0.6) is 5.75 Å². The van der Waals surface area contributed by atoms with Gasteiger partial charge in [0.05, 0.1) is 24.3 Å². The number of benzene rings is 1. The maximum absolute atomic E-state index is 13.2. The molecule has 0 aromatic heterocycles. The summed E-state index contributed by atoms with van der Waals surface area (Å²) in [7, 11) is 0. The Morgan fingerprint density at radius 3 is 2.36 bits per heavy atom. The molecule has 1 N–H and O–H groups in total. The second kappa shape index (κ2) is 16.1. The molecule has 0 spiro atoms. The van der Waals surface area contributed by atoms with Crippen molar-refractivity contribution in [1.82, 2.24) is 9.80 Å². The molecular formula is C31H49N3O5. The van der Waals surface area contributed by atoms with Gasteiger partial charge in [0.15, 0.2) is 0 Å². The number of carbonyl (C=O) groups excluding carboxylic acids is 1. The van der Waals surface area contributed by atoms with Crippen molar-refractivity contribution >= 4 is 6.09 Å². The second-order valence-corrected chi connectivity index (χ2v) is 12.2. The van der Waals surface area contributed by atoms with Crippen molar-refractivity contribution in [2.24, 2.45) is 5.92 Å². The van der Waals surface area contributed by atoms with Crippen LogP contribution in [0.2, 0.25) is 0 Å². The number of β-amino-alcohol motifs (C(OH)–C–C–N with tert-alkyl or cyclic N) is 1. The Labute approximate surface area is 235 Å². The lowest BCUT2D eigenvalue weighted by molar-refractivity contribution is -0.0393. The molecule has 2 fully saturated rings. The van der Waals surface area contributed by atoms with Gasteiger partial charge in [-0.3, -0.25) is 4.90 Å². The molecule has 2 unspecified atom stereocenters. The van der Waals surface area contributed by atoms with Gasteiger partial charge in [-0.2, -0.15) is 5.26 Å². The van der Waals surface area contributed by atoms with Crippen molar-refractivity contribution < 1.29 is 24.1 Å². The van der Waals surface area contributed by atoms with Crippen LogP contribution in [0.15, 0.2) is 24.3 Å². The Morgan fingerprint density at radius 1 is 1.03 bits per heavy atom. The first-order valence-electron chi connectivity index (χ1n) is 14.8. The molecule has 3 rings (SSSR count). The molecule has 0 aliphatic carbocycles. The van der Waals surface area contributed by atoms with Gasteiger partial charge >= 0.3 is 6.09 Å². The SMILES string of the molecule is CC(C)(C)OC(=O)N1CC2CCCCCCCCCCOC(CN(C[C@H](O)COc3ccc(C#N)cc3)C2)C1. The molecule has 8 nitrogen and oxygen atoms in total. The standard InChI is InChI=1S/C31H49N3O5/c1-31(2,3)39-30(36)34-20-26-12-10-8-6-4-5-7-9-11-17-37-29(23-34)22-33(19-26)21-27(35)24-38-28-15-13-25(18-32)14-16-28/h13-16,26-27,29,35H,4-12,17,19-24H2,1-3H3/t26?,27-,29?/m0/s1. The average Bonchev–Trinajstić information content (AvgIpc) is 2.87. The Hall–Kier alpha value is -2.34. The van der Waals surface area contributed by atoms with Gasteiger partial charge in [0.1, 0.15) is 24.1 Å². The summed E-state index contributed by atoms with van der Waals surface area (Å²) in [6, 6.07) is 9.02. The van der Waals surface area contributed by atoms with Crippen LogP contribution in [0.3, 0.4) is 0 Å². The Morgan fingerprint density at radius 2 is 1.69 bits per heavy atom. The molecule has 1 amide bonds. The number of hydrogen-bond acceptors (Lipinski definition) is 7. The van der Waals surface area contributed by atoms with E-state index in [1.165, 1.54) is 38.5 Å². The van der Waals surface area contributed by atoms with Crippen molar-refractivity contribution in [3.05, 3.63) is 29.8 Å². The van der Waals surface area contributed by atoms with E-state index in [2.05, 4.69) is 11.0 Å². The Bertz CT molecular complexity index is 871. The van der Waals surface area contributed by atoms with E-state index < -0.39 is 11.7 Å². The van der Waals surface area contributed by atoms with Crippen molar-refractivity contribution in [3.63, 3.8) is 0 Å². The van der Waals surface area contributed by atoms with Crippen molar-refractivity contribution in [2.45, 2.75) is 96.4 Å². The molecule has 2 heterocycles. The first kappa shape index (κ1) is 31.2. The summed E-state index contributed by atoms with van der Waals surface area (Å²) in [5.41, 5.74) is 0.0277. The molecule has 0 radical (unpaired) electrons. The highest BCUT2D eigenvalue weighted by Crippen LogP contribution is 2.22. The molecule has 3 atom stereocenters. The van der Waals surface area contributed by atoms with Gasteiger partial charge in [-0.1, -0.05) is 44.9 Å². The number of carbonyl (C=O) groups is 1. The van der Waals surface area contributed by atoms with Crippen LogP contribution in [-0.2, 0) is 9.47 Å². The van der Waals surface area contributed by atoms with E-state index in [0.29, 0.717) is 44.1 Å². The van der Waals surface area contributed by atoms with Crippen LogP contribution in [0.4, 0.5) is 4.79 Å². The van der Waals surface area contributed by atoms with E-state index >= 15 is 0 Å². The molecule has 218 valence electrons. The van der Waals surface area contributed by atoms with Crippen LogP contribution < -0.4 is 4.74 Å². The third kappa shape index (κ3) is 12.2. The largest absolute Gasteiger partial charge is 0.491 e. The molecular weight excluding hydrogens is 494 g/mol. The Kier molecular flexibility index (Phi) is 12.8. The monoisotopic (exact) mass is 543 g/mol. The number of fused-ring (bicyclic) bond motifs is 4. The number of rotatable bonds is 5. The lowest BCUT2D eigenvalue weighted by atomic mass is 9.97. The molecule has 2 aliphatic rings. The minimum absolute atomic E-state index is 0.155. The second-order valence-electron chi connectivity index (χ2n) is 12.2. The number of aliphatic hydroxyl groups is 1.